The number of hydrogen-bond donors (Lipinski definition) is 1. The highest BCUT2D eigenvalue weighted by Gasteiger charge is 2.17. The lowest BCUT2D eigenvalue weighted by Gasteiger charge is -2.11. The van der Waals surface area contributed by atoms with Crippen LogP contribution in [0.4, 0.5) is 10.5 Å². The number of nitrogens with zero attached hydrogens (tertiary/aromatic N) is 3. The Hall–Kier alpha value is -4.37. The summed E-state index contributed by atoms with van der Waals surface area (Å²) in [6.07, 6.45) is -0.569. The van der Waals surface area contributed by atoms with Crippen molar-refractivity contribution in [3.63, 3.8) is 0 Å². The van der Waals surface area contributed by atoms with Crippen molar-refractivity contribution in [3.8, 4) is 17.1 Å². The number of aromatic nitrogens is 3. The molecule has 1 amide bonds. The number of thioether (sulfide) groups is 1. The van der Waals surface area contributed by atoms with Gasteiger partial charge in [0.1, 0.15) is 5.58 Å². The van der Waals surface area contributed by atoms with E-state index in [0.29, 0.717) is 22.2 Å². The first-order valence-electron chi connectivity index (χ1n) is 11.3. The van der Waals surface area contributed by atoms with Crippen molar-refractivity contribution in [2.24, 2.45) is 0 Å². The lowest BCUT2D eigenvalue weighted by molar-refractivity contribution is 0.168. The number of benzene rings is 3. The molecule has 36 heavy (non-hydrogen) atoms. The van der Waals surface area contributed by atoms with Crippen molar-refractivity contribution < 1.29 is 13.9 Å². The average molecular weight is 499 g/mol. The fourth-order valence-electron chi connectivity index (χ4n) is 3.80. The number of fused-ring (bicyclic) bond motifs is 1. The van der Waals surface area contributed by atoms with Crippen LogP contribution in [0, 0.1) is 0 Å². The largest absolute Gasteiger partial charge is 0.450 e. The molecule has 0 fully saturated rings. The Morgan fingerprint density at radius 1 is 1.00 bits per heavy atom. The zero-order chi connectivity index (χ0) is 24.9. The monoisotopic (exact) mass is 498 g/mol. The highest BCUT2D eigenvalue weighted by Crippen LogP contribution is 2.31. The van der Waals surface area contributed by atoms with Crippen LogP contribution in [0.1, 0.15) is 12.5 Å². The van der Waals surface area contributed by atoms with Crippen LogP contribution in [0.15, 0.2) is 99.3 Å². The van der Waals surface area contributed by atoms with Crippen LogP contribution in [0.2, 0.25) is 0 Å². The molecule has 0 aliphatic heterocycles. The molecule has 0 spiro atoms. The normalized spacial score (nSPS) is 10.9. The van der Waals surface area contributed by atoms with E-state index in [1.165, 1.54) is 17.8 Å². The molecule has 5 aromatic rings. The highest BCUT2D eigenvalue weighted by molar-refractivity contribution is 7.98. The molecule has 3 aromatic carbocycles. The molecule has 0 aliphatic carbocycles. The maximum atomic E-state index is 12.3. The fourth-order valence-corrected chi connectivity index (χ4v) is 4.74. The van der Waals surface area contributed by atoms with E-state index in [4.69, 9.17) is 9.15 Å². The van der Waals surface area contributed by atoms with Crippen molar-refractivity contribution in [2.45, 2.75) is 17.8 Å². The molecule has 0 aliphatic rings. The lowest BCUT2D eigenvalue weighted by atomic mass is 10.1. The lowest BCUT2D eigenvalue weighted by Crippen LogP contribution is -2.13. The summed E-state index contributed by atoms with van der Waals surface area (Å²) >= 11 is 1.47. The highest BCUT2D eigenvalue weighted by atomic mass is 32.2. The summed E-state index contributed by atoms with van der Waals surface area (Å²) in [6, 6.07) is 26.4. The van der Waals surface area contributed by atoms with Gasteiger partial charge in [-0.3, -0.25) is 9.88 Å². The molecule has 5 rings (SSSR count). The molecule has 0 saturated carbocycles. The number of rotatable bonds is 7. The molecule has 0 unspecified atom stereocenters. The Balaban J connectivity index is 1.47. The Bertz CT molecular complexity index is 1570. The van der Waals surface area contributed by atoms with E-state index in [9.17, 15) is 9.59 Å². The van der Waals surface area contributed by atoms with Gasteiger partial charge in [0.25, 0.3) is 0 Å². The predicted molar refractivity (Wildman–Crippen MR) is 139 cm³/mol. The van der Waals surface area contributed by atoms with Gasteiger partial charge < -0.3 is 9.15 Å². The molecule has 0 saturated heterocycles. The first kappa shape index (κ1) is 23.4. The van der Waals surface area contributed by atoms with Gasteiger partial charge in [0.05, 0.1) is 6.61 Å². The zero-order valence-electron chi connectivity index (χ0n) is 19.4. The van der Waals surface area contributed by atoms with Gasteiger partial charge in [0, 0.05) is 40.2 Å². The van der Waals surface area contributed by atoms with Gasteiger partial charge in [0.2, 0.25) is 0 Å². The minimum atomic E-state index is -0.569. The van der Waals surface area contributed by atoms with Crippen LogP contribution in [0.5, 0.6) is 0 Å². The number of carbonyl (C=O) groups is 1. The summed E-state index contributed by atoms with van der Waals surface area (Å²) in [6.45, 7) is 1.99. The molecule has 0 atom stereocenters. The molecule has 2 heterocycles. The van der Waals surface area contributed by atoms with Crippen molar-refractivity contribution in [3.05, 3.63) is 101 Å². The predicted octanol–water partition coefficient (Wildman–Crippen LogP) is 5.90. The fraction of sp³-hybridized carbons (Fsp3) is 0.111. The van der Waals surface area contributed by atoms with Crippen LogP contribution < -0.4 is 10.9 Å². The number of amides is 1. The summed E-state index contributed by atoms with van der Waals surface area (Å²) in [5.41, 5.74) is 3.06. The Labute approximate surface area is 210 Å². The quantitative estimate of drug-likeness (QED) is 0.220. The second-order valence-corrected chi connectivity index (χ2v) is 8.72. The van der Waals surface area contributed by atoms with Crippen LogP contribution in [0.3, 0.4) is 0 Å². The maximum absolute atomic E-state index is 12.3. The third kappa shape index (κ3) is 5.01. The van der Waals surface area contributed by atoms with Crippen molar-refractivity contribution >= 4 is 34.5 Å². The van der Waals surface area contributed by atoms with Gasteiger partial charge >= 0.3 is 11.7 Å². The summed E-state index contributed by atoms with van der Waals surface area (Å²) in [5, 5.41) is 13.0. The second kappa shape index (κ2) is 10.5. The molecule has 2 aromatic heterocycles. The number of nitrogens with one attached hydrogen (secondary N) is 1. The van der Waals surface area contributed by atoms with E-state index >= 15 is 0 Å². The van der Waals surface area contributed by atoms with Gasteiger partial charge in [-0.1, -0.05) is 60.3 Å². The number of hydrogen-bond acceptors (Lipinski definition) is 7. The second-order valence-electron chi connectivity index (χ2n) is 7.78. The maximum Gasteiger partial charge on any atom is 0.411 e. The van der Waals surface area contributed by atoms with E-state index in [-0.39, 0.29) is 6.61 Å². The molecule has 8 nitrogen and oxygen atoms in total. The Morgan fingerprint density at radius 2 is 1.75 bits per heavy atom. The summed E-state index contributed by atoms with van der Waals surface area (Å²) < 4.78 is 12.3. The first-order valence-corrected chi connectivity index (χ1v) is 12.3. The molecule has 1 N–H and O–H groups in total. The Kier molecular flexibility index (Phi) is 6.81. The zero-order valence-corrected chi connectivity index (χ0v) is 20.2. The third-order valence-corrected chi connectivity index (χ3v) is 6.37. The minimum Gasteiger partial charge on any atom is -0.450 e. The third-order valence-electron chi connectivity index (χ3n) is 5.39. The van der Waals surface area contributed by atoms with E-state index in [0.717, 1.165) is 28.0 Å². The topological polar surface area (TPSA) is 99.2 Å². The van der Waals surface area contributed by atoms with Crippen LogP contribution in [0.25, 0.3) is 28.0 Å². The summed E-state index contributed by atoms with van der Waals surface area (Å²) in [5.74, 6) is 1.20. The van der Waals surface area contributed by atoms with Gasteiger partial charge in [0.15, 0.2) is 11.0 Å². The molecular formula is C27H22N4O4S. The van der Waals surface area contributed by atoms with Crippen LogP contribution in [-0.2, 0) is 10.5 Å². The van der Waals surface area contributed by atoms with E-state index in [1.54, 1.807) is 19.1 Å². The molecular weight excluding hydrogens is 476 g/mol. The van der Waals surface area contributed by atoms with Crippen molar-refractivity contribution in [1.82, 2.24) is 14.8 Å². The Morgan fingerprint density at radius 3 is 2.50 bits per heavy atom. The summed E-state index contributed by atoms with van der Waals surface area (Å²) in [4.78, 5) is 24.1. The molecule has 0 bridgehead atoms. The standard InChI is InChI=1S/C27H22N4O4S/c1-2-34-27(33)28-20-13-14-22-19(15-24(32)35-23(22)16-20)17-36-26-30-29-25(18-9-5-3-6-10-18)31(26)21-11-7-4-8-12-21/h3-16H,2,17H2,1H3,(H,28,33). The van der Waals surface area contributed by atoms with E-state index in [1.807, 2.05) is 71.3 Å². The smallest absolute Gasteiger partial charge is 0.411 e. The SMILES string of the molecule is CCOC(=O)Nc1ccc2c(CSc3nnc(-c4ccccc4)n3-c3ccccc3)cc(=O)oc2c1. The van der Waals surface area contributed by atoms with Gasteiger partial charge in [-0.2, -0.15) is 0 Å². The summed E-state index contributed by atoms with van der Waals surface area (Å²) in [7, 11) is 0. The average Bonchev–Trinajstić information content (AvgIpc) is 3.32. The number of carbonyl (C=O) groups excluding carboxylic acids is 1. The number of ether oxygens (including phenoxy) is 1. The number of anilines is 1. The molecule has 180 valence electrons. The minimum absolute atomic E-state index is 0.259. The number of para-hydroxylation sites is 1. The molecule has 0 radical (unpaired) electrons. The van der Waals surface area contributed by atoms with Crippen molar-refractivity contribution in [2.75, 3.05) is 11.9 Å². The van der Waals surface area contributed by atoms with Crippen LogP contribution >= 0.6 is 11.8 Å². The van der Waals surface area contributed by atoms with Crippen LogP contribution in [-0.4, -0.2) is 27.5 Å². The van der Waals surface area contributed by atoms with Gasteiger partial charge in [-0.15, -0.1) is 10.2 Å². The van der Waals surface area contributed by atoms with Gasteiger partial charge in [-0.25, -0.2) is 9.59 Å². The first-order chi connectivity index (χ1) is 17.6. The van der Waals surface area contributed by atoms with E-state index in [2.05, 4.69) is 15.5 Å². The van der Waals surface area contributed by atoms with Gasteiger partial charge in [-0.05, 0) is 36.8 Å². The molecule has 9 heteroatoms. The van der Waals surface area contributed by atoms with Crippen molar-refractivity contribution in [1.29, 1.82) is 0 Å². The van der Waals surface area contributed by atoms with E-state index < -0.39 is 11.7 Å².